The van der Waals surface area contributed by atoms with Gasteiger partial charge in [-0.1, -0.05) is 6.08 Å². The van der Waals surface area contributed by atoms with Crippen LogP contribution in [0.25, 0.3) is 0 Å². The number of carboxylic acid groups (broad SMARTS) is 1. The zero-order valence-corrected chi connectivity index (χ0v) is 10.2. The van der Waals surface area contributed by atoms with Crippen LogP contribution in [-0.4, -0.2) is 40.8 Å². The number of hydrogen-bond acceptors (Lipinski definition) is 5. The third-order valence-corrected chi connectivity index (χ3v) is 2.49. The van der Waals surface area contributed by atoms with Crippen LogP contribution in [0.4, 0.5) is 11.4 Å². The summed E-state index contributed by atoms with van der Waals surface area (Å²) in [6, 6.07) is 3.82. The Morgan fingerprint density at radius 3 is 2.68 bits per heavy atom. The second-order valence-corrected chi connectivity index (χ2v) is 3.72. The summed E-state index contributed by atoms with van der Waals surface area (Å²) in [6.07, 6.45) is 1.59. The normalized spacial score (nSPS) is 9.95. The van der Waals surface area contributed by atoms with E-state index in [9.17, 15) is 14.9 Å². The molecule has 1 aromatic rings. The molecule has 102 valence electrons. The highest BCUT2D eigenvalue weighted by atomic mass is 16.6. The molecule has 1 rings (SSSR count). The van der Waals surface area contributed by atoms with Gasteiger partial charge < -0.3 is 15.1 Å². The van der Waals surface area contributed by atoms with Gasteiger partial charge in [-0.25, -0.2) is 4.79 Å². The first-order valence-corrected chi connectivity index (χ1v) is 5.49. The smallest absolute Gasteiger partial charge is 0.342 e. The zero-order chi connectivity index (χ0) is 14.4. The van der Waals surface area contributed by atoms with E-state index in [-0.39, 0.29) is 18.7 Å². The van der Waals surface area contributed by atoms with E-state index in [4.69, 9.17) is 10.2 Å². The number of nitrogens with zero attached hydrogens (tertiary/aromatic N) is 2. The lowest BCUT2D eigenvalue weighted by atomic mass is 10.1. The second-order valence-electron chi connectivity index (χ2n) is 3.72. The summed E-state index contributed by atoms with van der Waals surface area (Å²) < 4.78 is 0. The number of aliphatic hydroxyl groups is 1. The monoisotopic (exact) mass is 266 g/mol. The third kappa shape index (κ3) is 3.52. The van der Waals surface area contributed by atoms with Crippen molar-refractivity contribution in [1.29, 1.82) is 0 Å². The Morgan fingerprint density at radius 2 is 2.21 bits per heavy atom. The predicted molar refractivity (Wildman–Crippen MR) is 69.6 cm³/mol. The molecule has 0 aliphatic carbocycles. The minimum atomic E-state index is -1.36. The van der Waals surface area contributed by atoms with E-state index in [2.05, 4.69) is 6.58 Å². The molecular formula is C12H14N2O5. The minimum absolute atomic E-state index is 0.118. The van der Waals surface area contributed by atoms with Crippen LogP contribution in [-0.2, 0) is 0 Å². The van der Waals surface area contributed by atoms with Crippen molar-refractivity contribution in [2.45, 2.75) is 0 Å². The van der Waals surface area contributed by atoms with Gasteiger partial charge in [0.25, 0.3) is 5.69 Å². The van der Waals surface area contributed by atoms with Crippen LogP contribution in [0.3, 0.4) is 0 Å². The molecule has 0 amide bonds. The van der Waals surface area contributed by atoms with Crippen LogP contribution >= 0.6 is 0 Å². The number of aliphatic hydroxyl groups excluding tert-OH is 1. The first kappa shape index (κ1) is 14.7. The predicted octanol–water partition coefficient (Wildman–Crippen LogP) is 1.28. The fraction of sp³-hybridized carbons (Fsp3) is 0.250. The van der Waals surface area contributed by atoms with Crippen LogP contribution in [0.15, 0.2) is 30.9 Å². The Hall–Kier alpha value is -2.41. The summed E-state index contributed by atoms with van der Waals surface area (Å²) in [5.41, 5.74) is -0.356. The second kappa shape index (κ2) is 6.50. The van der Waals surface area contributed by atoms with E-state index in [1.165, 1.54) is 12.1 Å². The van der Waals surface area contributed by atoms with E-state index >= 15 is 0 Å². The highest BCUT2D eigenvalue weighted by molar-refractivity contribution is 5.93. The first-order valence-electron chi connectivity index (χ1n) is 5.49. The van der Waals surface area contributed by atoms with Gasteiger partial charge in [-0.3, -0.25) is 10.1 Å². The molecule has 0 aliphatic heterocycles. The van der Waals surface area contributed by atoms with Crippen LogP contribution in [0.1, 0.15) is 10.4 Å². The maximum atomic E-state index is 11.0. The van der Waals surface area contributed by atoms with Gasteiger partial charge in [-0.15, -0.1) is 6.58 Å². The van der Waals surface area contributed by atoms with Crippen molar-refractivity contribution in [3.63, 3.8) is 0 Å². The Morgan fingerprint density at radius 1 is 1.53 bits per heavy atom. The number of carboxylic acids is 1. The number of aromatic carboxylic acids is 1. The third-order valence-electron chi connectivity index (χ3n) is 2.49. The Labute approximate surface area is 109 Å². The lowest BCUT2D eigenvalue weighted by Crippen LogP contribution is -2.26. The molecule has 1 aromatic carbocycles. The fourth-order valence-corrected chi connectivity index (χ4v) is 1.65. The summed E-state index contributed by atoms with van der Waals surface area (Å²) in [5, 5.41) is 28.7. The van der Waals surface area contributed by atoms with Crippen LogP contribution in [0, 0.1) is 10.1 Å². The van der Waals surface area contributed by atoms with Gasteiger partial charge in [0.1, 0.15) is 5.56 Å². The number of hydrogen-bond donors (Lipinski definition) is 2. The van der Waals surface area contributed by atoms with Crippen molar-refractivity contribution in [1.82, 2.24) is 0 Å². The molecule has 0 atom stereocenters. The summed E-state index contributed by atoms with van der Waals surface area (Å²) in [6.45, 7) is 4.13. The number of carbonyl (C=O) groups is 1. The molecule has 0 fully saturated rings. The Kier molecular flexibility index (Phi) is 5.01. The quantitative estimate of drug-likeness (QED) is 0.437. The van der Waals surface area contributed by atoms with Crippen LogP contribution in [0.2, 0.25) is 0 Å². The van der Waals surface area contributed by atoms with Crippen molar-refractivity contribution in [3.8, 4) is 0 Å². The largest absolute Gasteiger partial charge is 0.477 e. The molecule has 7 heteroatoms. The van der Waals surface area contributed by atoms with Gasteiger partial charge >= 0.3 is 5.97 Å². The van der Waals surface area contributed by atoms with Gasteiger partial charge in [0.15, 0.2) is 0 Å². The van der Waals surface area contributed by atoms with Crippen molar-refractivity contribution in [2.24, 2.45) is 0 Å². The summed E-state index contributed by atoms with van der Waals surface area (Å²) in [4.78, 5) is 22.7. The van der Waals surface area contributed by atoms with E-state index in [0.29, 0.717) is 12.2 Å². The maximum absolute atomic E-state index is 11.0. The molecule has 0 heterocycles. The minimum Gasteiger partial charge on any atom is -0.477 e. The molecule has 0 radical (unpaired) electrons. The molecule has 0 unspecified atom stereocenters. The Bertz CT molecular complexity index is 501. The van der Waals surface area contributed by atoms with Gasteiger partial charge in [0.2, 0.25) is 0 Å². The number of nitro groups is 1. The van der Waals surface area contributed by atoms with E-state index < -0.39 is 16.6 Å². The topological polar surface area (TPSA) is 104 Å². The Balaban J connectivity index is 3.22. The molecule has 0 saturated carbocycles. The van der Waals surface area contributed by atoms with Crippen LogP contribution < -0.4 is 4.90 Å². The van der Waals surface area contributed by atoms with Gasteiger partial charge in [-0.2, -0.15) is 0 Å². The van der Waals surface area contributed by atoms with E-state index in [1.807, 2.05) is 0 Å². The molecule has 7 nitrogen and oxygen atoms in total. The molecule has 0 bridgehead atoms. The van der Waals surface area contributed by atoms with Gasteiger partial charge in [0, 0.05) is 24.8 Å². The first-order chi connectivity index (χ1) is 9.01. The molecular weight excluding hydrogens is 252 g/mol. The molecule has 0 aliphatic rings. The lowest BCUT2D eigenvalue weighted by Gasteiger charge is -2.22. The standard InChI is InChI=1S/C12H14N2O5/c1-2-5-13(6-7-15)9-3-4-11(14(18)19)10(8-9)12(16)17/h2-4,8,15H,1,5-7H2,(H,16,17). The SMILES string of the molecule is C=CCN(CCO)c1ccc([N+](=O)[O-])c(C(=O)O)c1. The number of rotatable bonds is 7. The summed E-state index contributed by atoms with van der Waals surface area (Å²) in [5.74, 6) is -1.36. The van der Waals surface area contributed by atoms with Gasteiger partial charge in [0.05, 0.1) is 11.5 Å². The number of anilines is 1. The van der Waals surface area contributed by atoms with Gasteiger partial charge in [-0.05, 0) is 12.1 Å². The fourth-order valence-electron chi connectivity index (χ4n) is 1.65. The van der Waals surface area contributed by atoms with Crippen LogP contribution in [0.5, 0.6) is 0 Å². The molecule has 0 aromatic heterocycles. The molecule has 2 N–H and O–H groups in total. The number of benzene rings is 1. The van der Waals surface area contributed by atoms with Crippen molar-refractivity contribution >= 4 is 17.3 Å². The van der Waals surface area contributed by atoms with E-state index in [1.54, 1.807) is 11.0 Å². The van der Waals surface area contributed by atoms with Crippen molar-refractivity contribution in [2.75, 3.05) is 24.6 Å². The average Bonchev–Trinajstić information content (AvgIpc) is 2.37. The molecule has 0 saturated heterocycles. The summed E-state index contributed by atoms with van der Waals surface area (Å²) >= 11 is 0. The highest BCUT2D eigenvalue weighted by Gasteiger charge is 2.21. The average molecular weight is 266 g/mol. The zero-order valence-electron chi connectivity index (χ0n) is 10.2. The lowest BCUT2D eigenvalue weighted by molar-refractivity contribution is -0.385. The highest BCUT2D eigenvalue weighted by Crippen LogP contribution is 2.25. The molecule has 0 spiro atoms. The van der Waals surface area contributed by atoms with Crippen molar-refractivity contribution in [3.05, 3.63) is 46.5 Å². The van der Waals surface area contributed by atoms with Crippen molar-refractivity contribution < 1.29 is 19.9 Å². The summed E-state index contributed by atoms with van der Waals surface area (Å²) in [7, 11) is 0. The van der Waals surface area contributed by atoms with E-state index in [0.717, 1.165) is 6.07 Å². The maximum Gasteiger partial charge on any atom is 0.342 e. The molecule has 19 heavy (non-hydrogen) atoms. The number of nitro benzene ring substituents is 1.